The van der Waals surface area contributed by atoms with Crippen molar-refractivity contribution in [1.29, 1.82) is 0 Å². The van der Waals surface area contributed by atoms with E-state index < -0.39 is 5.82 Å². The van der Waals surface area contributed by atoms with Crippen molar-refractivity contribution in [2.75, 3.05) is 118 Å². The number of hydrogen-bond donors (Lipinski definition) is 2. The lowest BCUT2D eigenvalue weighted by Crippen LogP contribution is -2.53. The lowest BCUT2D eigenvalue weighted by atomic mass is 9.96. The molecule has 3 fully saturated rings. The number of likely N-dealkylation sites (tertiary alicyclic amines) is 1. The molecule has 0 spiro atoms. The molecule has 13 nitrogen and oxygen atoms in total. The molecule has 282 valence electrons. The number of nitrogens with one attached hydrogen (secondary N) is 1. The number of carbonyl (C=O) groups is 2. The smallest absolute Gasteiger partial charge is 0.272 e. The number of aromatic amines is 1. The largest absolute Gasteiger partial charge is 0.378 e. The molecule has 3 aliphatic rings. The quantitative estimate of drug-likeness (QED) is 0.221. The number of fused-ring (bicyclic) bond motifs is 1. The van der Waals surface area contributed by atoms with Gasteiger partial charge < -0.3 is 29.9 Å². The predicted molar refractivity (Wildman–Crippen MR) is 197 cm³/mol. The molecule has 2 aromatic carbocycles. The molecule has 4 heterocycles. The van der Waals surface area contributed by atoms with Gasteiger partial charge in [-0.15, -0.1) is 0 Å². The molecule has 0 radical (unpaired) electrons. The molecule has 3 N–H and O–H groups in total. The van der Waals surface area contributed by atoms with Crippen LogP contribution in [0.5, 0.6) is 0 Å². The van der Waals surface area contributed by atoms with Crippen LogP contribution in [0.3, 0.4) is 0 Å². The number of amides is 2. The van der Waals surface area contributed by atoms with Crippen LogP contribution in [0, 0.1) is 11.7 Å². The van der Waals surface area contributed by atoms with Gasteiger partial charge in [0, 0.05) is 83.8 Å². The normalized spacial score (nSPS) is 18.3. The summed E-state index contributed by atoms with van der Waals surface area (Å²) in [6, 6.07) is 11.7. The van der Waals surface area contributed by atoms with Gasteiger partial charge in [-0.05, 0) is 55.6 Å². The van der Waals surface area contributed by atoms with Crippen molar-refractivity contribution in [3.05, 3.63) is 75.5 Å². The van der Waals surface area contributed by atoms with Gasteiger partial charge in [-0.2, -0.15) is 5.10 Å². The van der Waals surface area contributed by atoms with Crippen molar-refractivity contribution < 1.29 is 23.5 Å². The van der Waals surface area contributed by atoms with Crippen molar-refractivity contribution in [1.82, 2.24) is 34.7 Å². The minimum absolute atomic E-state index is 0.00146. The lowest BCUT2D eigenvalue weighted by Gasteiger charge is -2.39. The van der Waals surface area contributed by atoms with Crippen LogP contribution in [0.4, 0.5) is 4.39 Å². The van der Waals surface area contributed by atoms with Gasteiger partial charge in [0.15, 0.2) is 0 Å². The minimum Gasteiger partial charge on any atom is -0.378 e. The summed E-state index contributed by atoms with van der Waals surface area (Å²) >= 11 is 0. The van der Waals surface area contributed by atoms with Crippen molar-refractivity contribution in [3.8, 4) is 0 Å². The van der Waals surface area contributed by atoms with Crippen LogP contribution in [-0.2, 0) is 20.7 Å². The first kappa shape index (κ1) is 38.0. The first-order chi connectivity index (χ1) is 25.4. The standard InChI is InChI=1S/C38H53FN8O5/c39-34-6-5-30(26-35-31-3-1-2-4-32(31)37(49)42-41-35)25-33(34)38(50)47-18-16-46(17-19-47)36(48)28-44-10-7-29(8-11-44)27-45-14-12-43(13-15-45)20-22-52-24-23-51-21-9-40/h1-6,25,29H,7-24,26-28,40H2,(H,42,49). The van der Waals surface area contributed by atoms with E-state index in [-0.39, 0.29) is 22.9 Å². The van der Waals surface area contributed by atoms with Gasteiger partial charge >= 0.3 is 0 Å². The fraction of sp³-hybridized carbons (Fsp3) is 0.579. The van der Waals surface area contributed by atoms with Gasteiger partial charge in [0.05, 0.1) is 49.6 Å². The number of benzene rings is 2. The molecule has 0 saturated carbocycles. The monoisotopic (exact) mass is 720 g/mol. The summed E-state index contributed by atoms with van der Waals surface area (Å²) in [6.45, 7) is 13.2. The molecule has 14 heteroatoms. The summed E-state index contributed by atoms with van der Waals surface area (Å²) in [6.07, 6.45) is 2.52. The number of H-pyrrole nitrogens is 1. The summed E-state index contributed by atoms with van der Waals surface area (Å²) in [5.74, 6) is -0.235. The number of carbonyl (C=O) groups excluding carboxylic acids is 2. The number of halogens is 1. The molecular formula is C38H53FN8O5. The Morgan fingerprint density at radius 3 is 2.21 bits per heavy atom. The van der Waals surface area contributed by atoms with E-state index in [9.17, 15) is 18.8 Å². The number of piperidine rings is 1. The summed E-state index contributed by atoms with van der Waals surface area (Å²) in [5.41, 5.74) is 6.51. The molecule has 0 bridgehead atoms. The van der Waals surface area contributed by atoms with E-state index in [0.717, 1.165) is 77.2 Å². The minimum atomic E-state index is -0.584. The lowest BCUT2D eigenvalue weighted by molar-refractivity contribution is -0.134. The molecule has 2 amide bonds. The van der Waals surface area contributed by atoms with Crippen LogP contribution in [0.1, 0.15) is 34.5 Å². The highest BCUT2D eigenvalue weighted by molar-refractivity contribution is 5.95. The molecule has 0 atom stereocenters. The van der Waals surface area contributed by atoms with Crippen molar-refractivity contribution in [2.24, 2.45) is 11.7 Å². The van der Waals surface area contributed by atoms with Crippen molar-refractivity contribution in [2.45, 2.75) is 19.3 Å². The van der Waals surface area contributed by atoms with E-state index in [4.69, 9.17) is 15.2 Å². The van der Waals surface area contributed by atoms with E-state index in [2.05, 4.69) is 24.9 Å². The van der Waals surface area contributed by atoms with E-state index in [1.165, 1.54) is 6.07 Å². The zero-order valence-electron chi connectivity index (χ0n) is 30.1. The maximum Gasteiger partial charge on any atom is 0.272 e. The number of nitrogens with two attached hydrogens (primary N) is 1. The van der Waals surface area contributed by atoms with Crippen LogP contribution in [0.2, 0.25) is 0 Å². The Balaban J connectivity index is 0.888. The number of hydrogen-bond acceptors (Lipinski definition) is 10. The van der Waals surface area contributed by atoms with E-state index in [1.54, 1.807) is 29.2 Å². The Bertz CT molecular complexity index is 1680. The zero-order chi connectivity index (χ0) is 36.3. The fourth-order valence-electron chi connectivity index (χ4n) is 7.45. The summed E-state index contributed by atoms with van der Waals surface area (Å²) < 4.78 is 26.0. The van der Waals surface area contributed by atoms with Gasteiger partial charge in [-0.1, -0.05) is 24.3 Å². The zero-order valence-corrected chi connectivity index (χ0v) is 30.1. The molecule has 0 unspecified atom stereocenters. The number of ether oxygens (including phenoxy) is 2. The topological polar surface area (TPSA) is 141 Å². The molecule has 3 aliphatic heterocycles. The first-order valence-corrected chi connectivity index (χ1v) is 18.7. The highest BCUT2D eigenvalue weighted by atomic mass is 19.1. The third-order valence-corrected chi connectivity index (χ3v) is 10.6. The SMILES string of the molecule is NCCOCCOCCN1CCN(CC2CCN(CC(=O)N3CCN(C(=O)c4cc(Cc5n[nH]c(=O)c6ccccc56)ccc4F)CC3)CC2)CC1. The average molecular weight is 721 g/mol. The molecule has 1 aromatic heterocycles. The van der Waals surface area contributed by atoms with Gasteiger partial charge in [0.1, 0.15) is 5.82 Å². The van der Waals surface area contributed by atoms with Crippen LogP contribution >= 0.6 is 0 Å². The second-order valence-electron chi connectivity index (χ2n) is 14.1. The second kappa shape index (κ2) is 18.8. The van der Waals surface area contributed by atoms with Gasteiger partial charge in [0.2, 0.25) is 5.91 Å². The van der Waals surface area contributed by atoms with E-state index >= 15 is 0 Å². The summed E-state index contributed by atoms with van der Waals surface area (Å²) in [7, 11) is 0. The Morgan fingerprint density at radius 2 is 1.48 bits per heavy atom. The summed E-state index contributed by atoms with van der Waals surface area (Å²) in [4.78, 5) is 49.6. The Morgan fingerprint density at radius 1 is 0.808 bits per heavy atom. The van der Waals surface area contributed by atoms with Crippen LogP contribution in [0.25, 0.3) is 10.8 Å². The molecule has 6 rings (SSSR count). The number of piperazine rings is 2. The van der Waals surface area contributed by atoms with Gasteiger partial charge in [-0.25, -0.2) is 9.49 Å². The maximum absolute atomic E-state index is 15.0. The van der Waals surface area contributed by atoms with E-state index in [0.29, 0.717) is 88.1 Å². The highest BCUT2D eigenvalue weighted by Crippen LogP contribution is 2.22. The van der Waals surface area contributed by atoms with Gasteiger partial charge in [0.25, 0.3) is 11.5 Å². The third kappa shape index (κ3) is 10.2. The molecule has 0 aliphatic carbocycles. The first-order valence-electron chi connectivity index (χ1n) is 18.7. The van der Waals surface area contributed by atoms with Crippen molar-refractivity contribution >= 4 is 22.6 Å². The van der Waals surface area contributed by atoms with Crippen LogP contribution in [0.15, 0.2) is 47.3 Å². The second-order valence-corrected chi connectivity index (χ2v) is 14.1. The predicted octanol–water partition coefficient (Wildman–Crippen LogP) is 1.26. The molecule has 52 heavy (non-hydrogen) atoms. The number of aromatic nitrogens is 2. The maximum atomic E-state index is 15.0. The Labute approximate surface area is 304 Å². The highest BCUT2D eigenvalue weighted by Gasteiger charge is 2.29. The number of rotatable bonds is 15. The van der Waals surface area contributed by atoms with Crippen LogP contribution < -0.4 is 11.3 Å². The van der Waals surface area contributed by atoms with Crippen LogP contribution in [-0.4, -0.2) is 165 Å². The Hall–Kier alpha value is -3.79. The molecular weight excluding hydrogens is 667 g/mol. The number of nitrogens with zero attached hydrogens (tertiary/aromatic N) is 6. The fourth-order valence-corrected chi connectivity index (χ4v) is 7.45. The van der Waals surface area contributed by atoms with Crippen molar-refractivity contribution in [3.63, 3.8) is 0 Å². The molecule has 3 aromatic rings. The van der Waals surface area contributed by atoms with Gasteiger partial charge in [-0.3, -0.25) is 24.2 Å². The van der Waals surface area contributed by atoms with E-state index in [1.807, 2.05) is 17.0 Å². The average Bonchev–Trinajstić information content (AvgIpc) is 3.17. The third-order valence-electron chi connectivity index (χ3n) is 10.6. The Kier molecular flexibility index (Phi) is 13.7. The molecule has 3 saturated heterocycles. The summed E-state index contributed by atoms with van der Waals surface area (Å²) in [5, 5.41) is 8.00.